The van der Waals surface area contributed by atoms with Gasteiger partial charge in [-0.25, -0.2) is 4.79 Å². The number of nitrogens with one attached hydrogen (secondary N) is 1. The number of piperazine rings is 1. The van der Waals surface area contributed by atoms with Gasteiger partial charge in [0.05, 0.1) is 25.4 Å². The van der Waals surface area contributed by atoms with Gasteiger partial charge >= 0.3 is 6.03 Å². The predicted molar refractivity (Wildman–Crippen MR) is 126 cm³/mol. The van der Waals surface area contributed by atoms with Crippen molar-refractivity contribution in [2.45, 2.75) is 37.6 Å². The summed E-state index contributed by atoms with van der Waals surface area (Å²) in [7, 11) is 2.05. The maximum Gasteiger partial charge on any atom is 0.312 e. The molecule has 34 heavy (non-hydrogen) atoms. The van der Waals surface area contributed by atoms with E-state index in [-0.39, 0.29) is 24.8 Å². The summed E-state index contributed by atoms with van der Waals surface area (Å²) in [5, 5.41) is 21.2. The molecule has 1 aliphatic heterocycles. The number of hydrogen-bond acceptors (Lipinski definition) is 7. The lowest BCUT2D eigenvalue weighted by Crippen LogP contribution is -2.52. The van der Waals surface area contributed by atoms with Gasteiger partial charge in [-0.3, -0.25) is 14.2 Å². The fourth-order valence-corrected chi connectivity index (χ4v) is 5.01. The monoisotopic (exact) mass is 465 g/mol. The van der Waals surface area contributed by atoms with E-state index in [1.807, 2.05) is 54.0 Å². The van der Waals surface area contributed by atoms with Crippen molar-refractivity contribution in [3.05, 3.63) is 59.5 Å². The SMILES string of the molecule is CN1CCN(Cc2nnc3ccc(O[C@@H]4CC[C@H](NC(N)=O)c5ccccc54)cn23)CC1CO. The topological polar surface area (TPSA) is 121 Å². The van der Waals surface area contributed by atoms with Gasteiger partial charge in [0, 0.05) is 25.7 Å². The number of amides is 2. The number of aliphatic hydroxyl groups excluding tert-OH is 1. The second-order valence-corrected chi connectivity index (χ2v) is 9.14. The number of nitrogens with zero attached hydrogens (tertiary/aromatic N) is 5. The molecule has 1 aliphatic carbocycles. The largest absolute Gasteiger partial charge is 0.484 e. The van der Waals surface area contributed by atoms with Crippen molar-refractivity contribution in [1.29, 1.82) is 0 Å². The fourth-order valence-electron chi connectivity index (χ4n) is 5.01. The number of nitrogens with two attached hydrogens (primary N) is 1. The first-order valence-corrected chi connectivity index (χ1v) is 11.7. The number of rotatable bonds is 6. The van der Waals surface area contributed by atoms with Gasteiger partial charge in [-0.05, 0) is 43.1 Å². The number of urea groups is 1. The quantitative estimate of drug-likeness (QED) is 0.504. The third-order valence-electron chi connectivity index (χ3n) is 6.91. The molecule has 3 heterocycles. The van der Waals surface area contributed by atoms with E-state index in [4.69, 9.17) is 10.5 Å². The number of pyridine rings is 1. The first-order valence-electron chi connectivity index (χ1n) is 11.7. The normalized spacial score (nSPS) is 23.5. The summed E-state index contributed by atoms with van der Waals surface area (Å²) in [6.45, 7) is 3.41. The lowest BCUT2D eigenvalue weighted by Gasteiger charge is -2.38. The predicted octanol–water partition coefficient (Wildman–Crippen LogP) is 1.46. The number of hydrogen-bond donors (Lipinski definition) is 3. The molecule has 1 unspecified atom stereocenters. The van der Waals surface area contributed by atoms with E-state index in [1.165, 1.54) is 0 Å². The Hall–Kier alpha value is -3.21. The van der Waals surface area contributed by atoms with E-state index in [2.05, 4.69) is 25.3 Å². The lowest BCUT2D eigenvalue weighted by atomic mass is 9.85. The molecule has 2 aliphatic rings. The van der Waals surface area contributed by atoms with E-state index in [0.29, 0.717) is 6.54 Å². The maximum absolute atomic E-state index is 11.4. The smallest absolute Gasteiger partial charge is 0.312 e. The first kappa shape index (κ1) is 22.6. The van der Waals surface area contributed by atoms with Crippen LogP contribution >= 0.6 is 0 Å². The highest BCUT2D eigenvalue weighted by Crippen LogP contribution is 2.38. The van der Waals surface area contributed by atoms with E-state index in [9.17, 15) is 9.90 Å². The molecular formula is C24H31N7O3. The Labute approximate surface area is 198 Å². The van der Waals surface area contributed by atoms with Crippen molar-refractivity contribution < 1.29 is 14.6 Å². The van der Waals surface area contributed by atoms with Crippen molar-refractivity contribution in [2.75, 3.05) is 33.3 Å². The number of likely N-dealkylation sites (N-methyl/N-ethyl adjacent to an activating group) is 1. The molecule has 4 N–H and O–H groups in total. The Balaban J connectivity index is 1.34. The molecule has 0 spiro atoms. The number of aliphatic hydroxyl groups is 1. The van der Waals surface area contributed by atoms with Crippen LogP contribution in [0.3, 0.4) is 0 Å². The molecule has 1 aromatic carbocycles. The Bertz CT molecular complexity index is 1170. The van der Waals surface area contributed by atoms with Crippen LogP contribution in [-0.4, -0.2) is 74.9 Å². The molecule has 3 aromatic rings. The summed E-state index contributed by atoms with van der Waals surface area (Å²) in [5.41, 5.74) is 8.24. The average molecular weight is 466 g/mol. The summed E-state index contributed by atoms with van der Waals surface area (Å²) in [6.07, 6.45) is 3.34. The average Bonchev–Trinajstić information content (AvgIpc) is 3.23. The number of carbonyl (C=O) groups excluding carboxylic acids is 1. The standard InChI is InChI=1S/C24H31N7O3/c1-29-10-11-30(12-16(29)15-32)14-23-28-27-22-9-6-17(13-31(22)23)34-21-8-7-20(26-24(25)33)18-4-2-3-5-19(18)21/h2-6,9,13,16,20-21,32H,7-8,10-12,14-15H2,1H3,(H3,25,26,33)/t16?,20-,21+/m0/s1. The molecule has 2 amide bonds. The number of ether oxygens (including phenoxy) is 1. The zero-order valence-corrected chi connectivity index (χ0v) is 19.3. The molecule has 0 bridgehead atoms. The van der Waals surface area contributed by atoms with Crippen LogP contribution in [0.1, 0.15) is 41.9 Å². The second kappa shape index (κ2) is 9.57. The highest BCUT2D eigenvalue weighted by Gasteiger charge is 2.29. The van der Waals surface area contributed by atoms with Crippen molar-refractivity contribution in [1.82, 2.24) is 29.7 Å². The van der Waals surface area contributed by atoms with Crippen molar-refractivity contribution in [3.8, 4) is 5.75 Å². The minimum Gasteiger partial charge on any atom is -0.484 e. The lowest BCUT2D eigenvalue weighted by molar-refractivity contribution is 0.0526. The van der Waals surface area contributed by atoms with Crippen LogP contribution in [0.5, 0.6) is 5.75 Å². The maximum atomic E-state index is 11.4. The van der Waals surface area contributed by atoms with Crippen LogP contribution in [0, 0.1) is 0 Å². The number of primary amides is 1. The van der Waals surface area contributed by atoms with Gasteiger partial charge in [0.2, 0.25) is 0 Å². The van der Waals surface area contributed by atoms with Crippen LogP contribution in [0.25, 0.3) is 5.65 Å². The highest BCUT2D eigenvalue weighted by molar-refractivity contribution is 5.72. The van der Waals surface area contributed by atoms with Gasteiger partial charge in [-0.15, -0.1) is 10.2 Å². The molecule has 10 nitrogen and oxygen atoms in total. The number of fused-ring (bicyclic) bond motifs is 2. The van der Waals surface area contributed by atoms with Gasteiger partial charge in [-0.1, -0.05) is 24.3 Å². The van der Waals surface area contributed by atoms with E-state index in [1.54, 1.807) is 0 Å². The van der Waals surface area contributed by atoms with E-state index < -0.39 is 6.03 Å². The zero-order valence-electron chi connectivity index (χ0n) is 19.3. The molecule has 10 heteroatoms. The molecule has 5 rings (SSSR count). The highest BCUT2D eigenvalue weighted by atomic mass is 16.5. The fraction of sp³-hybridized carbons (Fsp3) is 0.458. The Kier molecular flexibility index (Phi) is 6.36. The van der Waals surface area contributed by atoms with Gasteiger partial charge in [0.1, 0.15) is 11.9 Å². The molecule has 2 aromatic heterocycles. The number of carbonyl (C=O) groups is 1. The van der Waals surface area contributed by atoms with Crippen LogP contribution < -0.4 is 15.8 Å². The van der Waals surface area contributed by atoms with Crippen molar-refractivity contribution in [2.24, 2.45) is 5.73 Å². The van der Waals surface area contributed by atoms with Gasteiger partial charge in [0.25, 0.3) is 0 Å². The van der Waals surface area contributed by atoms with Crippen molar-refractivity contribution >= 4 is 11.7 Å². The molecule has 0 saturated carbocycles. The number of aromatic nitrogens is 3. The summed E-state index contributed by atoms with van der Waals surface area (Å²) in [5.74, 6) is 1.58. The van der Waals surface area contributed by atoms with Gasteiger partial charge in [0.15, 0.2) is 11.5 Å². The Morgan fingerprint density at radius 1 is 1.18 bits per heavy atom. The van der Waals surface area contributed by atoms with E-state index in [0.717, 1.165) is 60.8 Å². The molecule has 0 radical (unpaired) electrons. The summed E-state index contributed by atoms with van der Waals surface area (Å²) in [4.78, 5) is 15.9. The summed E-state index contributed by atoms with van der Waals surface area (Å²) >= 11 is 0. The van der Waals surface area contributed by atoms with Crippen LogP contribution in [0.4, 0.5) is 4.79 Å². The molecule has 180 valence electrons. The first-order chi connectivity index (χ1) is 16.5. The van der Waals surface area contributed by atoms with E-state index >= 15 is 0 Å². The molecular weight excluding hydrogens is 434 g/mol. The summed E-state index contributed by atoms with van der Waals surface area (Å²) < 4.78 is 8.41. The minimum absolute atomic E-state index is 0.105. The van der Waals surface area contributed by atoms with Gasteiger partial charge < -0.3 is 20.9 Å². The Morgan fingerprint density at radius 3 is 2.79 bits per heavy atom. The Morgan fingerprint density at radius 2 is 2.00 bits per heavy atom. The van der Waals surface area contributed by atoms with Gasteiger partial charge in [-0.2, -0.15) is 0 Å². The molecule has 1 fully saturated rings. The van der Waals surface area contributed by atoms with Crippen molar-refractivity contribution in [3.63, 3.8) is 0 Å². The zero-order chi connectivity index (χ0) is 23.7. The third-order valence-corrected chi connectivity index (χ3v) is 6.91. The van der Waals surface area contributed by atoms with Crippen LogP contribution in [-0.2, 0) is 6.54 Å². The number of benzene rings is 1. The minimum atomic E-state index is -0.518. The summed E-state index contributed by atoms with van der Waals surface area (Å²) in [6, 6.07) is 11.4. The second-order valence-electron chi connectivity index (χ2n) is 9.14. The van der Waals surface area contributed by atoms with Crippen LogP contribution in [0.2, 0.25) is 0 Å². The molecule has 1 saturated heterocycles. The molecule has 3 atom stereocenters. The van der Waals surface area contributed by atoms with Crippen LogP contribution in [0.15, 0.2) is 42.6 Å². The third kappa shape index (κ3) is 4.56.